The topological polar surface area (TPSA) is 55.6 Å². The van der Waals surface area contributed by atoms with E-state index in [0.717, 1.165) is 11.4 Å². The number of benzene rings is 1. The van der Waals surface area contributed by atoms with Crippen LogP contribution in [0.4, 0.5) is 4.39 Å². The molecule has 0 fully saturated rings. The molecule has 0 saturated carbocycles. The van der Waals surface area contributed by atoms with E-state index in [0.29, 0.717) is 19.1 Å². The predicted octanol–water partition coefficient (Wildman–Crippen LogP) is 2.01. The van der Waals surface area contributed by atoms with Crippen LogP contribution in [-0.2, 0) is 13.1 Å². The van der Waals surface area contributed by atoms with Gasteiger partial charge in [-0.15, -0.1) is 5.10 Å². The van der Waals surface area contributed by atoms with Crippen LogP contribution < -0.4 is 5.32 Å². The summed E-state index contributed by atoms with van der Waals surface area (Å²) in [7, 11) is 0. The lowest BCUT2D eigenvalue weighted by molar-refractivity contribution is 0.537. The quantitative estimate of drug-likeness (QED) is 0.912. The molecule has 7 heteroatoms. The van der Waals surface area contributed by atoms with Crippen LogP contribution in [0, 0.1) is 5.82 Å². The van der Waals surface area contributed by atoms with Gasteiger partial charge in [-0.25, -0.2) is 9.07 Å². The molecule has 19 heavy (non-hydrogen) atoms. The van der Waals surface area contributed by atoms with Crippen molar-refractivity contribution in [1.82, 2.24) is 25.5 Å². The molecule has 0 radical (unpaired) electrons. The van der Waals surface area contributed by atoms with E-state index in [1.807, 2.05) is 13.8 Å². The van der Waals surface area contributed by atoms with E-state index >= 15 is 0 Å². The van der Waals surface area contributed by atoms with Crippen molar-refractivity contribution in [2.45, 2.75) is 33.0 Å². The lowest BCUT2D eigenvalue weighted by Gasteiger charge is -2.08. The molecule has 0 atom stereocenters. The Morgan fingerprint density at radius 2 is 2.21 bits per heavy atom. The molecule has 0 bridgehead atoms. The van der Waals surface area contributed by atoms with Crippen molar-refractivity contribution in [3.8, 4) is 0 Å². The molecule has 2 aromatic rings. The number of nitrogens with zero attached hydrogens (tertiary/aromatic N) is 4. The maximum Gasteiger partial charge on any atom is 0.165 e. The van der Waals surface area contributed by atoms with Gasteiger partial charge in [0.05, 0.1) is 18.1 Å². The van der Waals surface area contributed by atoms with E-state index in [1.54, 1.807) is 16.8 Å². The van der Waals surface area contributed by atoms with Crippen LogP contribution in [0.2, 0.25) is 5.02 Å². The smallest absolute Gasteiger partial charge is 0.165 e. The van der Waals surface area contributed by atoms with Crippen molar-refractivity contribution in [3.05, 3.63) is 40.4 Å². The first kappa shape index (κ1) is 13.9. The van der Waals surface area contributed by atoms with Gasteiger partial charge in [-0.2, -0.15) is 0 Å². The number of rotatable bonds is 5. The minimum Gasteiger partial charge on any atom is -0.308 e. The van der Waals surface area contributed by atoms with Crippen LogP contribution in [0.15, 0.2) is 18.2 Å². The molecule has 1 aromatic heterocycles. The van der Waals surface area contributed by atoms with Gasteiger partial charge in [0.25, 0.3) is 0 Å². The highest BCUT2D eigenvalue weighted by molar-refractivity contribution is 6.30. The first-order valence-corrected chi connectivity index (χ1v) is 6.36. The number of tetrazole rings is 1. The summed E-state index contributed by atoms with van der Waals surface area (Å²) in [4.78, 5) is 0. The average molecular weight is 284 g/mol. The number of halogens is 2. The highest BCUT2D eigenvalue weighted by Crippen LogP contribution is 2.16. The van der Waals surface area contributed by atoms with Crippen molar-refractivity contribution >= 4 is 11.6 Å². The SMILES string of the molecule is CC(C)NCc1nnnn1Cc1ccc(F)c(Cl)c1. The molecule has 0 spiro atoms. The Hall–Kier alpha value is -1.53. The molecule has 1 N–H and O–H groups in total. The third-order valence-corrected chi connectivity index (χ3v) is 2.88. The zero-order chi connectivity index (χ0) is 13.8. The third kappa shape index (κ3) is 3.71. The molecule has 0 aliphatic rings. The van der Waals surface area contributed by atoms with E-state index < -0.39 is 5.82 Å². The Morgan fingerprint density at radius 1 is 1.42 bits per heavy atom. The summed E-state index contributed by atoms with van der Waals surface area (Å²) in [6.07, 6.45) is 0. The largest absolute Gasteiger partial charge is 0.308 e. The van der Waals surface area contributed by atoms with Crippen LogP contribution in [0.5, 0.6) is 0 Å². The first-order chi connectivity index (χ1) is 9.06. The monoisotopic (exact) mass is 283 g/mol. The summed E-state index contributed by atoms with van der Waals surface area (Å²) in [6.45, 7) is 5.14. The second-order valence-electron chi connectivity index (χ2n) is 4.54. The second-order valence-corrected chi connectivity index (χ2v) is 4.94. The number of hydrogen-bond donors (Lipinski definition) is 1. The highest BCUT2D eigenvalue weighted by atomic mass is 35.5. The van der Waals surface area contributed by atoms with Gasteiger partial charge in [0.15, 0.2) is 5.82 Å². The third-order valence-electron chi connectivity index (χ3n) is 2.59. The normalized spacial score (nSPS) is 11.2. The Bertz CT molecular complexity index is 555. The highest BCUT2D eigenvalue weighted by Gasteiger charge is 2.08. The predicted molar refractivity (Wildman–Crippen MR) is 70.3 cm³/mol. The molecule has 1 aromatic carbocycles. The molecule has 0 aliphatic carbocycles. The van der Waals surface area contributed by atoms with Gasteiger partial charge in [0.2, 0.25) is 0 Å². The fourth-order valence-electron chi connectivity index (χ4n) is 1.58. The molecule has 1 heterocycles. The first-order valence-electron chi connectivity index (χ1n) is 5.98. The second kappa shape index (κ2) is 6.08. The van der Waals surface area contributed by atoms with E-state index in [-0.39, 0.29) is 5.02 Å². The summed E-state index contributed by atoms with van der Waals surface area (Å²) in [5.74, 6) is 0.304. The molecule has 102 valence electrons. The zero-order valence-corrected chi connectivity index (χ0v) is 11.5. The number of hydrogen-bond acceptors (Lipinski definition) is 4. The molecule has 2 rings (SSSR count). The van der Waals surface area contributed by atoms with E-state index in [1.165, 1.54) is 6.07 Å². The maximum absolute atomic E-state index is 13.1. The number of nitrogens with one attached hydrogen (secondary N) is 1. The van der Waals surface area contributed by atoms with Crippen LogP contribution in [-0.4, -0.2) is 26.2 Å². The minimum absolute atomic E-state index is 0.104. The number of aromatic nitrogens is 4. The zero-order valence-electron chi connectivity index (χ0n) is 10.8. The van der Waals surface area contributed by atoms with Crippen molar-refractivity contribution < 1.29 is 4.39 Å². The molecule has 0 amide bonds. The van der Waals surface area contributed by atoms with Crippen molar-refractivity contribution in [3.63, 3.8) is 0 Å². The molecular weight excluding hydrogens is 269 g/mol. The van der Waals surface area contributed by atoms with E-state index in [2.05, 4.69) is 20.8 Å². The van der Waals surface area contributed by atoms with Crippen LogP contribution in [0.3, 0.4) is 0 Å². The Labute approximate surface area is 115 Å². The van der Waals surface area contributed by atoms with Crippen molar-refractivity contribution in [2.75, 3.05) is 0 Å². The van der Waals surface area contributed by atoms with Gasteiger partial charge >= 0.3 is 0 Å². The van der Waals surface area contributed by atoms with Crippen LogP contribution in [0.1, 0.15) is 25.2 Å². The molecule has 0 saturated heterocycles. The summed E-state index contributed by atoms with van der Waals surface area (Å²) >= 11 is 5.75. The van der Waals surface area contributed by atoms with E-state index in [9.17, 15) is 4.39 Å². The van der Waals surface area contributed by atoms with Gasteiger partial charge < -0.3 is 5.32 Å². The summed E-state index contributed by atoms with van der Waals surface area (Å²) in [6, 6.07) is 4.94. The lowest BCUT2D eigenvalue weighted by Crippen LogP contribution is -2.24. The standard InChI is InChI=1S/C12H15ClFN5/c1-8(2)15-6-12-16-17-18-19(12)7-9-3-4-11(14)10(13)5-9/h3-5,8,15H,6-7H2,1-2H3. The minimum atomic E-state index is -0.427. The molecule has 0 unspecified atom stereocenters. The maximum atomic E-state index is 13.1. The Morgan fingerprint density at radius 3 is 2.89 bits per heavy atom. The van der Waals surface area contributed by atoms with Gasteiger partial charge in [-0.1, -0.05) is 31.5 Å². The van der Waals surface area contributed by atoms with Crippen LogP contribution >= 0.6 is 11.6 Å². The van der Waals surface area contributed by atoms with Gasteiger partial charge in [-0.05, 0) is 28.1 Å². The van der Waals surface area contributed by atoms with Crippen molar-refractivity contribution in [2.24, 2.45) is 0 Å². The van der Waals surface area contributed by atoms with Gasteiger partial charge in [-0.3, -0.25) is 0 Å². The molecule has 0 aliphatic heterocycles. The summed E-state index contributed by atoms with van der Waals surface area (Å²) < 4.78 is 14.7. The molecule has 5 nitrogen and oxygen atoms in total. The molecular formula is C12H15ClFN5. The summed E-state index contributed by atoms with van der Waals surface area (Å²) in [5, 5.41) is 14.9. The Balaban J connectivity index is 2.10. The van der Waals surface area contributed by atoms with E-state index in [4.69, 9.17) is 11.6 Å². The lowest BCUT2D eigenvalue weighted by atomic mass is 10.2. The fourth-order valence-corrected chi connectivity index (χ4v) is 1.78. The summed E-state index contributed by atoms with van der Waals surface area (Å²) in [5.41, 5.74) is 0.851. The fraction of sp³-hybridized carbons (Fsp3) is 0.417. The van der Waals surface area contributed by atoms with Crippen LogP contribution in [0.25, 0.3) is 0 Å². The average Bonchev–Trinajstić information content (AvgIpc) is 2.79. The van der Waals surface area contributed by atoms with Gasteiger partial charge in [0.1, 0.15) is 5.82 Å². The Kier molecular flexibility index (Phi) is 4.44. The van der Waals surface area contributed by atoms with Gasteiger partial charge in [0, 0.05) is 6.04 Å². The van der Waals surface area contributed by atoms with Crippen molar-refractivity contribution in [1.29, 1.82) is 0 Å².